The summed E-state index contributed by atoms with van der Waals surface area (Å²) < 4.78 is 2.42. The van der Waals surface area contributed by atoms with Crippen molar-refractivity contribution in [1.82, 2.24) is 4.57 Å². The molecule has 0 radical (unpaired) electrons. The third-order valence-electron chi connectivity index (χ3n) is 4.40. The molecule has 0 saturated heterocycles. The van der Waals surface area contributed by atoms with Gasteiger partial charge in [0.1, 0.15) is 0 Å². The van der Waals surface area contributed by atoms with Crippen molar-refractivity contribution >= 4 is 19.5 Å². The van der Waals surface area contributed by atoms with E-state index in [0.717, 1.165) is 8.58 Å². The van der Waals surface area contributed by atoms with E-state index in [1.165, 1.54) is 27.8 Å². The number of aromatic nitrogens is 1. The molecule has 0 fully saturated rings. The maximum absolute atomic E-state index is 2.42. The zero-order chi connectivity index (χ0) is 17.5. The predicted octanol–water partition coefficient (Wildman–Crippen LogP) is 6.65. The number of fused-ring (bicyclic) bond motifs is 1. The van der Waals surface area contributed by atoms with E-state index in [1.807, 2.05) is 0 Å². The standard InChI is InChI=1S/C22H28NP/c1-16-15-17-11-7-9-13-19(17)23(16)20-14-10-8-12-18(20)22(5,6)24-21(2,3)4/h7-15,24H,1-6H3. The van der Waals surface area contributed by atoms with Gasteiger partial charge >= 0.3 is 0 Å². The van der Waals surface area contributed by atoms with E-state index in [2.05, 4.69) is 101 Å². The Hall–Kier alpha value is -1.59. The molecule has 2 aromatic carbocycles. The summed E-state index contributed by atoms with van der Waals surface area (Å²) in [5.41, 5.74) is 5.33. The van der Waals surface area contributed by atoms with Crippen molar-refractivity contribution in [2.45, 2.75) is 51.9 Å². The first-order chi connectivity index (χ1) is 11.2. The molecule has 0 aliphatic carbocycles. The first-order valence-electron chi connectivity index (χ1n) is 8.65. The van der Waals surface area contributed by atoms with Crippen LogP contribution in [0.4, 0.5) is 0 Å². The molecule has 126 valence electrons. The van der Waals surface area contributed by atoms with Crippen LogP contribution in [0.5, 0.6) is 0 Å². The van der Waals surface area contributed by atoms with Gasteiger partial charge in [0.2, 0.25) is 0 Å². The maximum atomic E-state index is 2.42. The molecule has 0 saturated carbocycles. The second-order valence-electron chi connectivity index (χ2n) is 8.20. The molecule has 1 atom stereocenters. The van der Waals surface area contributed by atoms with Crippen LogP contribution in [-0.2, 0) is 5.16 Å². The number of nitrogens with zero attached hydrogens (tertiary/aromatic N) is 1. The minimum absolute atomic E-state index is 0.145. The summed E-state index contributed by atoms with van der Waals surface area (Å²) in [5, 5.41) is 1.78. The molecule has 3 rings (SSSR count). The topological polar surface area (TPSA) is 4.93 Å². The molecule has 0 spiro atoms. The van der Waals surface area contributed by atoms with Crippen molar-refractivity contribution in [2.75, 3.05) is 0 Å². The Morgan fingerprint density at radius 1 is 0.833 bits per heavy atom. The molecule has 0 aliphatic heterocycles. The quantitative estimate of drug-likeness (QED) is 0.471. The Morgan fingerprint density at radius 2 is 1.46 bits per heavy atom. The SMILES string of the molecule is Cc1cc2ccccc2n1-c1ccccc1C(C)(C)PC(C)(C)C. The van der Waals surface area contributed by atoms with E-state index in [4.69, 9.17) is 0 Å². The van der Waals surface area contributed by atoms with E-state index < -0.39 is 0 Å². The summed E-state index contributed by atoms with van der Waals surface area (Å²) in [6, 6.07) is 19.8. The summed E-state index contributed by atoms with van der Waals surface area (Å²) in [7, 11) is 0.857. The lowest BCUT2D eigenvalue weighted by Crippen LogP contribution is -2.21. The van der Waals surface area contributed by atoms with Crippen molar-refractivity contribution in [3.63, 3.8) is 0 Å². The monoisotopic (exact) mass is 337 g/mol. The van der Waals surface area contributed by atoms with Crippen LogP contribution in [0.15, 0.2) is 54.6 Å². The van der Waals surface area contributed by atoms with Gasteiger partial charge in [0.15, 0.2) is 0 Å². The van der Waals surface area contributed by atoms with Crippen LogP contribution < -0.4 is 0 Å². The summed E-state index contributed by atoms with van der Waals surface area (Å²) in [4.78, 5) is 0. The van der Waals surface area contributed by atoms with E-state index >= 15 is 0 Å². The normalized spacial score (nSPS) is 13.2. The van der Waals surface area contributed by atoms with Crippen molar-refractivity contribution in [1.29, 1.82) is 0 Å². The zero-order valence-electron chi connectivity index (χ0n) is 15.6. The first kappa shape index (κ1) is 17.2. The average molecular weight is 337 g/mol. The van der Waals surface area contributed by atoms with Crippen molar-refractivity contribution < 1.29 is 0 Å². The van der Waals surface area contributed by atoms with E-state index in [-0.39, 0.29) is 5.16 Å². The molecule has 1 heterocycles. The number of benzene rings is 2. The fourth-order valence-electron chi connectivity index (χ4n) is 3.81. The van der Waals surface area contributed by atoms with Gasteiger partial charge in [-0.25, -0.2) is 0 Å². The Balaban J connectivity index is 2.21. The van der Waals surface area contributed by atoms with E-state index in [1.54, 1.807) is 0 Å². The van der Waals surface area contributed by atoms with Crippen LogP contribution in [0, 0.1) is 6.92 Å². The van der Waals surface area contributed by atoms with Gasteiger partial charge in [0, 0.05) is 21.9 Å². The number of rotatable bonds is 3. The van der Waals surface area contributed by atoms with Crippen LogP contribution in [0.2, 0.25) is 0 Å². The summed E-state index contributed by atoms with van der Waals surface area (Å²) in [6.07, 6.45) is 0. The van der Waals surface area contributed by atoms with E-state index in [0.29, 0.717) is 5.16 Å². The maximum Gasteiger partial charge on any atom is 0.0531 e. The fourth-order valence-corrected chi connectivity index (χ4v) is 6.04. The molecule has 0 amide bonds. The second-order valence-corrected chi connectivity index (χ2v) is 11.2. The van der Waals surface area contributed by atoms with Gasteiger partial charge in [-0.05, 0) is 35.8 Å². The third kappa shape index (κ3) is 3.28. The van der Waals surface area contributed by atoms with Gasteiger partial charge < -0.3 is 4.57 Å². The van der Waals surface area contributed by atoms with Crippen LogP contribution in [0.25, 0.3) is 16.6 Å². The Morgan fingerprint density at radius 3 is 2.17 bits per heavy atom. The molecule has 0 N–H and O–H groups in total. The molecule has 1 aromatic heterocycles. The molecular weight excluding hydrogens is 309 g/mol. The van der Waals surface area contributed by atoms with Gasteiger partial charge in [0.25, 0.3) is 0 Å². The fraction of sp³-hybridized carbons (Fsp3) is 0.364. The lowest BCUT2D eigenvalue weighted by molar-refractivity contribution is 0.707. The Bertz CT molecular complexity index is 865. The van der Waals surface area contributed by atoms with Crippen molar-refractivity contribution in [2.24, 2.45) is 0 Å². The summed E-state index contributed by atoms with van der Waals surface area (Å²) in [6.45, 7) is 14.0. The molecule has 1 nitrogen and oxygen atoms in total. The van der Waals surface area contributed by atoms with Gasteiger partial charge in [-0.3, -0.25) is 0 Å². The van der Waals surface area contributed by atoms with E-state index in [9.17, 15) is 0 Å². The smallest absolute Gasteiger partial charge is 0.0531 e. The van der Waals surface area contributed by atoms with Crippen LogP contribution in [-0.4, -0.2) is 9.72 Å². The molecule has 3 aromatic rings. The third-order valence-corrected chi connectivity index (χ3v) is 6.04. The number of hydrogen-bond acceptors (Lipinski definition) is 0. The summed E-state index contributed by atoms with van der Waals surface area (Å²) in [5.74, 6) is 0. The summed E-state index contributed by atoms with van der Waals surface area (Å²) >= 11 is 0. The first-order valence-corrected chi connectivity index (χ1v) is 9.65. The van der Waals surface area contributed by atoms with Gasteiger partial charge in [-0.1, -0.05) is 71.0 Å². The second kappa shape index (κ2) is 6.05. The molecule has 1 unspecified atom stereocenters. The van der Waals surface area contributed by atoms with Crippen LogP contribution in [0.1, 0.15) is 45.9 Å². The molecular formula is C22H28NP. The number of hydrogen-bond donors (Lipinski definition) is 0. The highest BCUT2D eigenvalue weighted by molar-refractivity contribution is 7.41. The van der Waals surface area contributed by atoms with Gasteiger partial charge in [-0.15, -0.1) is 8.58 Å². The van der Waals surface area contributed by atoms with Crippen LogP contribution >= 0.6 is 8.58 Å². The Labute approximate surface area is 147 Å². The molecule has 24 heavy (non-hydrogen) atoms. The van der Waals surface area contributed by atoms with Gasteiger partial charge in [0.05, 0.1) is 5.52 Å². The minimum Gasteiger partial charge on any atom is -0.314 e. The van der Waals surface area contributed by atoms with Crippen molar-refractivity contribution in [3.05, 3.63) is 65.9 Å². The number of aryl methyl sites for hydroxylation is 1. The Kier molecular flexibility index (Phi) is 4.34. The lowest BCUT2D eigenvalue weighted by Gasteiger charge is -2.35. The molecule has 2 heteroatoms. The van der Waals surface area contributed by atoms with Crippen molar-refractivity contribution in [3.8, 4) is 5.69 Å². The lowest BCUT2D eigenvalue weighted by atomic mass is 9.99. The van der Waals surface area contributed by atoms with Crippen LogP contribution in [0.3, 0.4) is 0 Å². The number of para-hydroxylation sites is 2. The highest BCUT2D eigenvalue weighted by Crippen LogP contribution is 2.50. The highest BCUT2D eigenvalue weighted by Gasteiger charge is 2.29. The largest absolute Gasteiger partial charge is 0.314 e. The molecule has 0 bridgehead atoms. The zero-order valence-corrected chi connectivity index (χ0v) is 16.6. The minimum atomic E-state index is 0.145. The average Bonchev–Trinajstić information content (AvgIpc) is 2.80. The highest BCUT2D eigenvalue weighted by atomic mass is 31.1. The predicted molar refractivity (Wildman–Crippen MR) is 109 cm³/mol. The molecule has 0 aliphatic rings. The van der Waals surface area contributed by atoms with Gasteiger partial charge in [-0.2, -0.15) is 0 Å².